The van der Waals surface area contributed by atoms with E-state index in [9.17, 15) is 0 Å². The average Bonchev–Trinajstić information content (AvgIpc) is 2.64. The van der Waals surface area contributed by atoms with Crippen molar-refractivity contribution >= 4 is 6.01 Å². The molecule has 0 aliphatic carbocycles. The van der Waals surface area contributed by atoms with Crippen molar-refractivity contribution in [1.82, 2.24) is 4.98 Å². The molecule has 1 N–H and O–H groups in total. The van der Waals surface area contributed by atoms with E-state index in [0.717, 1.165) is 13.1 Å². The molecule has 1 aromatic heterocycles. The van der Waals surface area contributed by atoms with Crippen molar-refractivity contribution in [2.75, 3.05) is 24.6 Å². The summed E-state index contributed by atoms with van der Waals surface area (Å²) in [6, 6.07) is 0.565. The molecule has 0 saturated carbocycles. The highest BCUT2D eigenvalue weighted by Crippen LogP contribution is 2.22. The summed E-state index contributed by atoms with van der Waals surface area (Å²) in [5.74, 6) is 0. The Labute approximate surface area is 88.7 Å². The number of ether oxygens (including phenoxy) is 1. The molecule has 0 radical (unpaired) electrons. The molecule has 2 rings (SSSR count). The molecule has 1 aromatic rings. The molecular formula is C10H16N2O3. The molecule has 5 heteroatoms. The minimum atomic E-state index is -0.175. The Kier molecular flexibility index (Phi) is 2.67. The van der Waals surface area contributed by atoms with Gasteiger partial charge in [0, 0.05) is 6.54 Å². The van der Waals surface area contributed by atoms with Gasteiger partial charge in [0.05, 0.1) is 25.4 Å². The summed E-state index contributed by atoms with van der Waals surface area (Å²) in [5.41, 5.74) is 0.390. The van der Waals surface area contributed by atoms with Gasteiger partial charge in [0.25, 0.3) is 6.01 Å². The molecule has 15 heavy (non-hydrogen) atoms. The van der Waals surface area contributed by atoms with Gasteiger partial charge >= 0.3 is 0 Å². The molecular weight excluding hydrogens is 196 g/mol. The zero-order valence-electron chi connectivity index (χ0n) is 9.06. The van der Waals surface area contributed by atoms with E-state index in [0.29, 0.717) is 18.3 Å². The Morgan fingerprint density at radius 3 is 3.00 bits per heavy atom. The minimum Gasteiger partial charge on any atom is -0.432 e. The summed E-state index contributed by atoms with van der Waals surface area (Å²) in [5, 5.41) is 8.89. The number of nitrogens with zero attached hydrogens (tertiary/aromatic N) is 2. The molecule has 5 nitrogen and oxygen atoms in total. The van der Waals surface area contributed by atoms with Gasteiger partial charge in [-0.3, -0.25) is 0 Å². The molecule has 0 unspecified atom stereocenters. The second kappa shape index (κ2) is 3.83. The van der Waals surface area contributed by atoms with E-state index < -0.39 is 0 Å². The van der Waals surface area contributed by atoms with Crippen LogP contribution in [0.4, 0.5) is 6.01 Å². The molecule has 0 bridgehead atoms. The number of hydrogen-bond acceptors (Lipinski definition) is 5. The molecule has 84 valence electrons. The minimum absolute atomic E-state index is 0.0861. The van der Waals surface area contributed by atoms with Gasteiger partial charge in [0.15, 0.2) is 0 Å². The number of rotatable bonds is 2. The van der Waals surface area contributed by atoms with Gasteiger partial charge in [-0.25, -0.2) is 0 Å². The van der Waals surface area contributed by atoms with Crippen molar-refractivity contribution in [3.05, 3.63) is 12.0 Å². The van der Waals surface area contributed by atoms with Crippen LogP contribution < -0.4 is 4.90 Å². The number of hydrogen-bond donors (Lipinski definition) is 1. The third-order valence-electron chi connectivity index (χ3n) is 2.40. The predicted molar refractivity (Wildman–Crippen MR) is 54.7 cm³/mol. The van der Waals surface area contributed by atoms with Crippen LogP contribution in [0.1, 0.15) is 19.5 Å². The standard InChI is InChI=1S/C10H16N2O3/c1-10(2)7-12(3-4-15-10)9-11-8(5-13)6-14-9/h6,13H,3-5,7H2,1-2H3. The number of aromatic nitrogens is 1. The number of aliphatic hydroxyl groups excluding tert-OH is 1. The van der Waals surface area contributed by atoms with Crippen molar-refractivity contribution in [1.29, 1.82) is 0 Å². The maximum Gasteiger partial charge on any atom is 0.297 e. The smallest absolute Gasteiger partial charge is 0.297 e. The zero-order chi connectivity index (χ0) is 10.9. The molecule has 0 atom stereocenters. The molecule has 0 aromatic carbocycles. The summed E-state index contributed by atoms with van der Waals surface area (Å²) in [4.78, 5) is 6.20. The van der Waals surface area contributed by atoms with Crippen LogP contribution in [0.15, 0.2) is 10.7 Å². The summed E-state index contributed by atoms with van der Waals surface area (Å²) < 4.78 is 10.9. The van der Waals surface area contributed by atoms with Crippen molar-refractivity contribution < 1.29 is 14.3 Å². The second-order valence-corrected chi connectivity index (χ2v) is 4.31. The van der Waals surface area contributed by atoms with Crippen LogP contribution >= 0.6 is 0 Å². The largest absolute Gasteiger partial charge is 0.432 e. The first-order valence-electron chi connectivity index (χ1n) is 5.05. The molecule has 1 aliphatic rings. The van der Waals surface area contributed by atoms with Crippen molar-refractivity contribution in [3.8, 4) is 0 Å². The van der Waals surface area contributed by atoms with Crippen LogP contribution in [-0.4, -0.2) is 35.4 Å². The van der Waals surface area contributed by atoms with Crippen molar-refractivity contribution in [2.24, 2.45) is 0 Å². The first-order chi connectivity index (χ1) is 7.11. The fourth-order valence-corrected chi connectivity index (χ4v) is 1.69. The zero-order valence-corrected chi connectivity index (χ0v) is 9.06. The quantitative estimate of drug-likeness (QED) is 0.785. The molecule has 1 aliphatic heterocycles. The fourth-order valence-electron chi connectivity index (χ4n) is 1.69. The Hall–Kier alpha value is -1.07. The molecule has 1 fully saturated rings. The van der Waals surface area contributed by atoms with Crippen LogP contribution in [0.2, 0.25) is 0 Å². The first-order valence-corrected chi connectivity index (χ1v) is 5.05. The summed E-state index contributed by atoms with van der Waals surface area (Å²) >= 11 is 0. The predicted octanol–water partition coefficient (Wildman–Crippen LogP) is 0.782. The Balaban J connectivity index is 2.10. The lowest BCUT2D eigenvalue weighted by Crippen LogP contribution is -2.48. The Morgan fingerprint density at radius 1 is 1.60 bits per heavy atom. The van der Waals surface area contributed by atoms with Crippen LogP contribution in [-0.2, 0) is 11.3 Å². The van der Waals surface area contributed by atoms with Crippen LogP contribution in [0.5, 0.6) is 0 Å². The molecule has 2 heterocycles. The van der Waals surface area contributed by atoms with E-state index in [1.165, 1.54) is 6.26 Å². The summed E-state index contributed by atoms with van der Waals surface area (Å²) in [6.07, 6.45) is 1.48. The third kappa shape index (κ3) is 2.30. The third-order valence-corrected chi connectivity index (χ3v) is 2.40. The van der Waals surface area contributed by atoms with Gasteiger partial charge in [-0.1, -0.05) is 0 Å². The highest BCUT2D eigenvalue weighted by Gasteiger charge is 2.29. The monoisotopic (exact) mass is 212 g/mol. The van der Waals surface area contributed by atoms with Gasteiger partial charge in [-0.15, -0.1) is 0 Å². The molecule has 0 amide bonds. The van der Waals surface area contributed by atoms with E-state index in [1.54, 1.807) is 0 Å². The first kappa shape index (κ1) is 10.4. The van der Waals surface area contributed by atoms with E-state index in [1.807, 2.05) is 18.7 Å². The summed E-state index contributed by atoms with van der Waals surface area (Å²) in [6.45, 7) is 6.18. The topological polar surface area (TPSA) is 58.7 Å². The van der Waals surface area contributed by atoms with E-state index in [4.69, 9.17) is 14.3 Å². The van der Waals surface area contributed by atoms with Crippen molar-refractivity contribution in [3.63, 3.8) is 0 Å². The lowest BCUT2D eigenvalue weighted by atomic mass is 10.1. The second-order valence-electron chi connectivity index (χ2n) is 4.31. The summed E-state index contributed by atoms with van der Waals surface area (Å²) in [7, 11) is 0. The van der Waals surface area contributed by atoms with Gasteiger partial charge < -0.3 is 19.2 Å². The highest BCUT2D eigenvalue weighted by atomic mass is 16.5. The van der Waals surface area contributed by atoms with E-state index in [-0.39, 0.29) is 12.2 Å². The fraction of sp³-hybridized carbons (Fsp3) is 0.700. The number of morpholine rings is 1. The lowest BCUT2D eigenvalue weighted by molar-refractivity contribution is -0.0290. The van der Waals surface area contributed by atoms with Crippen LogP contribution in [0, 0.1) is 0 Å². The van der Waals surface area contributed by atoms with E-state index in [2.05, 4.69) is 4.98 Å². The Bertz CT molecular complexity index is 335. The van der Waals surface area contributed by atoms with Crippen LogP contribution in [0.25, 0.3) is 0 Å². The maximum absolute atomic E-state index is 8.89. The van der Waals surface area contributed by atoms with Gasteiger partial charge in [-0.05, 0) is 13.8 Å². The average molecular weight is 212 g/mol. The van der Waals surface area contributed by atoms with Gasteiger partial charge in [0.1, 0.15) is 12.0 Å². The number of anilines is 1. The number of aliphatic hydroxyl groups is 1. The normalized spacial score (nSPS) is 20.6. The SMILES string of the molecule is CC1(C)CN(c2nc(CO)co2)CCO1. The van der Waals surface area contributed by atoms with Gasteiger partial charge in [0.2, 0.25) is 0 Å². The van der Waals surface area contributed by atoms with E-state index >= 15 is 0 Å². The van der Waals surface area contributed by atoms with Crippen LogP contribution in [0.3, 0.4) is 0 Å². The highest BCUT2D eigenvalue weighted by molar-refractivity contribution is 5.28. The Morgan fingerprint density at radius 2 is 2.40 bits per heavy atom. The van der Waals surface area contributed by atoms with Gasteiger partial charge in [-0.2, -0.15) is 4.98 Å². The molecule has 1 saturated heterocycles. The lowest BCUT2D eigenvalue weighted by Gasteiger charge is -2.37. The number of oxazole rings is 1. The van der Waals surface area contributed by atoms with Crippen molar-refractivity contribution in [2.45, 2.75) is 26.1 Å². The molecule has 0 spiro atoms. The maximum atomic E-state index is 8.89.